The van der Waals surface area contributed by atoms with Gasteiger partial charge in [0.2, 0.25) is 17.7 Å². The van der Waals surface area contributed by atoms with Gasteiger partial charge >= 0.3 is 0 Å². The molecule has 0 fully saturated rings. The number of hydrogen-bond donors (Lipinski definition) is 4. The van der Waals surface area contributed by atoms with E-state index in [1.165, 1.54) is 6.92 Å². The molecule has 0 atom stereocenters. The molecule has 0 aliphatic rings. The molecule has 0 rings (SSSR count). The monoisotopic (exact) mass is 468 g/mol. The largest absolute Gasteiger partial charge is 0.356 e. The first kappa shape index (κ1) is 30.7. The first-order valence-electron chi connectivity index (χ1n) is 12.3. The summed E-state index contributed by atoms with van der Waals surface area (Å²) in [6, 6.07) is 0. The van der Waals surface area contributed by atoms with Crippen molar-refractivity contribution >= 4 is 29.3 Å². The SMILES string of the molecule is CNCCCCCCNC(=O)CC(=O)CC(=O)NCCCCCCNC(=O)CCCC(C)=O. The van der Waals surface area contributed by atoms with E-state index >= 15 is 0 Å². The third-order valence-corrected chi connectivity index (χ3v) is 5.07. The molecular weight excluding hydrogens is 424 g/mol. The Hall–Kier alpha value is -2.29. The fraction of sp³-hybridized carbons (Fsp3) is 0.792. The van der Waals surface area contributed by atoms with E-state index in [4.69, 9.17) is 0 Å². The van der Waals surface area contributed by atoms with Crippen molar-refractivity contribution in [2.75, 3.05) is 33.2 Å². The van der Waals surface area contributed by atoms with Crippen LogP contribution in [0.3, 0.4) is 0 Å². The van der Waals surface area contributed by atoms with Crippen LogP contribution < -0.4 is 21.3 Å². The Morgan fingerprint density at radius 3 is 1.36 bits per heavy atom. The van der Waals surface area contributed by atoms with Gasteiger partial charge in [0.15, 0.2) is 5.78 Å². The van der Waals surface area contributed by atoms with Gasteiger partial charge in [-0.15, -0.1) is 0 Å². The van der Waals surface area contributed by atoms with E-state index in [2.05, 4.69) is 21.3 Å². The lowest BCUT2D eigenvalue weighted by molar-refractivity contribution is -0.131. The fourth-order valence-corrected chi connectivity index (χ4v) is 3.20. The molecular formula is C24H44N4O5. The Morgan fingerprint density at radius 2 is 0.939 bits per heavy atom. The topological polar surface area (TPSA) is 133 Å². The number of amides is 3. The quantitative estimate of drug-likeness (QED) is 0.141. The number of carbonyl (C=O) groups excluding carboxylic acids is 5. The summed E-state index contributed by atoms with van der Waals surface area (Å²) < 4.78 is 0. The van der Waals surface area contributed by atoms with Crippen molar-refractivity contribution in [2.45, 2.75) is 90.4 Å². The van der Waals surface area contributed by atoms with Crippen molar-refractivity contribution in [2.24, 2.45) is 0 Å². The molecule has 0 heterocycles. The summed E-state index contributed by atoms with van der Waals surface area (Å²) in [5.41, 5.74) is 0. The smallest absolute Gasteiger partial charge is 0.227 e. The molecule has 0 aliphatic carbocycles. The van der Waals surface area contributed by atoms with Gasteiger partial charge in [0.25, 0.3) is 0 Å². The minimum absolute atomic E-state index is 0.0259. The molecule has 3 amide bonds. The number of unbranched alkanes of at least 4 members (excludes halogenated alkanes) is 6. The van der Waals surface area contributed by atoms with Crippen molar-refractivity contribution < 1.29 is 24.0 Å². The molecule has 0 saturated carbocycles. The molecule has 9 nitrogen and oxygen atoms in total. The van der Waals surface area contributed by atoms with Crippen molar-refractivity contribution in [3.8, 4) is 0 Å². The molecule has 0 saturated heterocycles. The molecule has 9 heteroatoms. The zero-order valence-corrected chi connectivity index (χ0v) is 20.6. The highest BCUT2D eigenvalue weighted by atomic mass is 16.2. The molecule has 0 bridgehead atoms. The molecule has 0 spiro atoms. The van der Waals surface area contributed by atoms with Crippen molar-refractivity contribution in [1.29, 1.82) is 0 Å². The summed E-state index contributed by atoms with van der Waals surface area (Å²) in [6.45, 7) is 4.17. The minimum atomic E-state index is -0.377. The standard InChI is InChI=1S/C24H44N4O5/c1-20(29)12-11-13-22(31)26-15-8-5-6-10-17-28-24(33)19-21(30)18-23(32)27-16-9-4-3-7-14-25-2/h25H,3-19H2,1-2H3,(H,26,31)(H,27,32)(H,28,33). The summed E-state index contributed by atoms with van der Waals surface area (Å²) in [5, 5.41) is 11.4. The predicted octanol–water partition coefficient (Wildman–Crippen LogP) is 1.78. The maximum atomic E-state index is 11.9. The Kier molecular flexibility index (Phi) is 20.1. The zero-order valence-electron chi connectivity index (χ0n) is 20.6. The van der Waals surface area contributed by atoms with Gasteiger partial charge < -0.3 is 26.1 Å². The van der Waals surface area contributed by atoms with Crippen LogP contribution in [0.2, 0.25) is 0 Å². The molecule has 33 heavy (non-hydrogen) atoms. The van der Waals surface area contributed by atoms with Crippen LogP contribution in [0.15, 0.2) is 0 Å². The number of rotatable bonds is 22. The third kappa shape index (κ3) is 22.7. The van der Waals surface area contributed by atoms with E-state index in [0.29, 0.717) is 38.9 Å². The second kappa shape index (κ2) is 21.6. The molecule has 0 aromatic heterocycles. The summed E-state index contributed by atoms with van der Waals surface area (Å²) in [5.74, 6) is -0.980. The molecule has 0 radical (unpaired) electrons. The van der Waals surface area contributed by atoms with E-state index < -0.39 is 0 Å². The lowest BCUT2D eigenvalue weighted by Crippen LogP contribution is -2.30. The zero-order chi connectivity index (χ0) is 24.7. The van der Waals surface area contributed by atoms with Crippen LogP contribution in [0.1, 0.15) is 90.4 Å². The van der Waals surface area contributed by atoms with Crippen LogP contribution >= 0.6 is 0 Å². The predicted molar refractivity (Wildman–Crippen MR) is 129 cm³/mol. The number of carbonyl (C=O) groups is 5. The Labute approximate surface area is 198 Å². The average molecular weight is 469 g/mol. The molecule has 0 aromatic rings. The van der Waals surface area contributed by atoms with Gasteiger partial charge in [0.05, 0.1) is 12.8 Å². The summed E-state index contributed by atoms with van der Waals surface area (Å²) in [4.78, 5) is 57.8. The third-order valence-electron chi connectivity index (χ3n) is 5.07. The van der Waals surface area contributed by atoms with Crippen molar-refractivity contribution in [3.05, 3.63) is 0 Å². The number of hydrogen-bond acceptors (Lipinski definition) is 6. The van der Waals surface area contributed by atoms with Crippen LogP contribution in [0.4, 0.5) is 0 Å². The lowest BCUT2D eigenvalue weighted by Gasteiger charge is -2.07. The summed E-state index contributed by atoms with van der Waals surface area (Å²) >= 11 is 0. The summed E-state index contributed by atoms with van der Waals surface area (Å²) in [6.07, 6.45) is 8.51. The number of nitrogens with one attached hydrogen (secondary N) is 4. The van der Waals surface area contributed by atoms with Crippen LogP contribution in [-0.2, 0) is 24.0 Å². The lowest BCUT2D eigenvalue weighted by atomic mass is 10.1. The van der Waals surface area contributed by atoms with Crippen LogP contribution in [0.25, 0.3) is 0 Å². The van der Waals surface area contributed by atoms with Gasteiger partial charge in [-0.1, -0.05) is 25.7 Å². The Morgan fingerprint density at radius 1 is 0.515 bits per heavy atom. The number of ketones is 2. The second-order valence-corrected chi connectivity index (χ2v) is 8.43. The molecule has 0 aliphatic heterocycles. The Balaban J connectivity index is 3.56. The molecule has 190 valence electrons. The molecule has 0 aromatic carbocycles. The van der Waals surface area contributed by atoms with Gasteiger partial charge in [-0.2, -0.15) is 0 Å². The minimum Gasteiger partial charge on any atom is -0.356 e. The average Bonchev–Trinajstić information content (AvgIpc) is 2.74. The highest BCUT2D eigenvalue weighted by Crippen LogP contribution is 2.01. The summed E-state index contributed by atoms with van der Waals surface area (Å²) in [7, 11) is 1.92. The van der Waals surface area contributed by atoms with Gasteiger partial charge in [-0.3, -0.25) is 19.2 Å². The van der Waals surface area contributed by atoms with E-state index in [-0.39, 0.29) is 42.1 Å². The first-order valence-corrected chi connectivity index (χ1v) is 12.3. The van der Waals surface area contributed by atoms with E-state index in [0.717, 1.165) is 57.9 Å². The van der Waals surface area contributed by atoms with Gasteiger partial charge in [-0.05, 0) is 52.6 Å². The second-order valence-electron chi connectivity index (χ2n) is 8.43. The van der Waals surface area contributed by atoms with Crippen LogP contribution in [0.5, 0.6) is 0 Å². The van der Waals surface area contributed by atoms with Crippen molar-refractivity contribution in [1.82, 2.24) is 21.3 Å². The Bertz CT molecular complexity index is 595. The fourth-order valence-electron chi connectivity index (χ4n) is 3.20. The van der Waals surface area contributed by atoms with E-state index in [9.17, 15) is 24.0 Å². The number of Topliss-reactive ketones (excluding diaryl/α,β-unsaturated/α-hetero) is 2. The highest BCUT2D eigenvalue weighted by molar-refractivity contribution is 6.06. The molecule has 0 unspecified atom stereocenters. The van der Waals surface area contributed by atoms with Gasteiger partial charge in [-0.25, -0.2) is 0 Å². The van der Waals surface area contributed by atoms with E-state index in [1.807, 2.05) is 7.05 Å². The normalized spacial score (nSPS) is 10.5. The maximum Gasteiger partial charge on any atom is 0.227 e. The highest BCUT2D eigenvalue weighted by Gasteiger charge is 2.13. The molecule has 4 N–H and O–H groups in total. The maximum absolute atomic E-state index is 11.9. The van der Waals surface area contributed by atoms with Gasteiger partial charge in [0.1, 0.15) is 5.78 Å². The first-order chi connectivity index (χ1) is 15.8. The van der Waals surface area contributed by atoms with E-state index in [1.54, 1.807) is 0 Å². The van der Waals surface area contributed by atoms with Crippen LogP contribution in [0, 0.1) is 0 Å². The van der Waals surface area contributed by atoms with Crippen molar-refractivity contribution in [3.63, 3.8) is 0 Å². The van der Waals surface area contributed by atoms with Crippen LogP contribution in [-0.4, -0.2) is 62.5 Å². The van der Waals surface area contributed by atoms with Gasteiger partial charge in [0, 0.05) is 32.5 Å².